The van der Waals surface area contributed by atoms with Crippen LogP contribution in [0.2, 0.25) is 0 Å². The number of aromatic nitrogens is 4. The number of benzene rings is 1. The second kappa shape index (κ2) is 7.88. The van der Waals surface area contributed by atoms with Crippen molar-refractivity contribution in [3.05, 3.63) is 46.3 Å². The average Bonchev–Trinajstić information content (AvgIpc) is 3.12. The number of anilines is 2. The monoisotopic (exact) mass is 433 g/mol. The van der Waals surface area contributed by atoms with E-state index in [1.54, 1.807) is 25.8 Å². The van der Waals surface area contributed by atoms with Crippen LogP contribution >= 0.6 is 27.3 Å². The normalized spacial score (nSPS) is 10.6. The quantitative estimate of drug-likeness (QED) is 0.562. The molecule has 0 aliphatic heterocycles. The van der Waals surface area contributed by atoms with Gasteiger partial charge in [0.25, 0.3) is 0 Å². The van der Waals surface area contributed by atoms with Crippen LogP contribution in [-0.4, -0.2) is 39.8 Å². The third kappa shape index (κ3) is 3.88. The number of aryl methyl sites for hydroxylation is 1. The van der Waals surface area contributed by atoms with Crippen LogP contribution in [0.4, 0.5) is 10.9 Å². The van der Waals surface area contributed by atoms with Crippen molar-refractivity contribution >= 4 is 44.2 Å². The molecule has 0 saturated heterocycles. The number of carbonyl (C=O) groups excluding carboxylic acids is 1. The Balaban J connectivity index is 1.95. The lowest BCUT2D eigenvalue weighted by Gasteiger charge is -2.17. The Morgan fingerprint density at radius 3 is 2.69 bits per heavy atom. The maximum absolute atomic E-state index is 12.2. The number of halogens is 1. The molecule has 1 aromatic carbocycles. The molecule has 0 spiro atoms. The zero-order valence-corrected chi connectivity index (χ0v) is 16.8. The average molecular weight is 434 g/mol. The summed E-state index contributed by atoms with van der Waals surface area (Å²) in [6.07, 6.45) is 1.48. The second-order valence-electron chi connectivity index (χ2n) is 5.33. The minimum absolute atomic E-state index is 0.280. The van der Waals surface area contributed by atoms with Crippen LogP contribution in [0.1, 0.15) is 23.1 Å². The molecule has 0 aliphatic carbocycles. The van der Waals surface area contributed by atoms with E-state index in [-0.39, 0.29) is 6.61 Å². The van der Waals surface area contributed by atoms with Gasteiger partial charge in [-0.25, -0.2) is 14.8 Å². The molecule has 0 N–H and O–H groups in total. The number of hydrogen-bond acceptors (Lipinski definition) is 8. The van der Waals surface area contributed by atoms with Crippen molar-refractivity contribution in [2.45, 2.75) is 13.8 Å². The van der Waals surface area contributed by atoms with Crippen LogP contribution in [0.3, 0.4) is 0 Å². The number of ether oxygens (including phenoxy) is 1. The first-order valence-electron chi connectivity index (χ1n) is 7.83. The molecule has 9 heteroatoms. The zero-order chi connectivity index (χ0) is 18.7. The smallest absolute Gasteiger partial charge is 0.343 e. The molecule has 7 nitrogen and oxygen atoms in total. The molecule has 26 heavy (non-hydrogen) atoms. The number of rotatable bonds is 5. The second-order valence-corrected chi connectivity index (χ2v) is 7.20. The summed E-state index contributed by atoms with van der Waals surface area (Å²) in [5.74, 6) is 0.527. The van der Waals surface area contributed by atoms with Gasteiger partial charge in [0.15, 0.2) is 5.82 Å². The van der Waals surface area contributed by atoms with Crippen molar-refractivity contribution in [2.24, 2.45) is 0 Å². The molecule has 0 fully saturated rings. The standard InChI is InChI=1S/C17H16BrN5O2S/c1-4-25-16(24)13-9-19-10(2)20-14(13)23(3)17-22-21-15(26-17)11-5-7-12(18)8-6-11/h5-9H,4H2,1-3H3. The predicted octanol–water partition coefficient (Wildman–Crippen LogP) is 4.01. The summed E-state index contributed by atoms with van der Waals surface area (Å²) in [5.41, 5.74) is 1.26. The van der Waals surface area contributed by atoms with Gasteiger partial charge in [-0.05, 0) is 26.0 Å². The lowest BCUT2D eigenvalue weighted by Crippen LogP contribution is -2.18. The molecule has 0 radical (unpaired) electrons. The van der Waals surface area contributed by atoms with Crippen LogP contribution in [0, 0.1) is 6.92 Å². The Labute approximate surface area is 163 Å². The number of hydrogen-bond donors (Lipinski definition) is 0. The van der Waals surface area contributed by atoms with Gasteiger partial charge in [0.1, 0.15) is 16.4 Å². The molecule has 3 rings (SSSR count). The maximum Gasteiger partial charge on any atom is 0.343 e. The lowest BCUT2D eigenvalue weighted by atomic mass is 10.2. The SMILES string of the molecule is CCOC(=O)c1cnc(C)nc1N(C)c1nnc(-c2ccc(Br)cc2)s1. The van der Waals surface area contributed by atoms with Crippen molar-refractivity contribution in [3.8, 4) is 10.6 Å². The summed E-state index contributed by atoms with van der Waals surface area (Å²) in [7, 11) is 1.79. The highest BCUT2D eigenvalue weighted by atomic mass is 79.9. The highest BCUT2D eigenvalue weighted by Gasteiger charge is 2.21. The van der Waals surface area contributed by atoms with Crippen molar-refractivity contribution in [1.29, 1.82) is 0 Å². The van der Waals surface area contributed by atoms with Crippen molar-refractivity contribution in [3.63, 3.8) is 0 Å². The Kier molecular flexibility index (Phi) is 5.58. The van der Waals surface area contributed by atoms with Crippen LogP contribution < -0.4 is 4.90 Å². The van der Waals surface area contributed by atoms with Crippen molar-refractivity contribution in [1.82, 2.24) is 20.2 Å². The van der Waals surface area contributed by atoms with Crippen molar-refractivity contribution in [2.75, 3.05) is 18.6 Å². The first-order chi connectivity index (χ1) is 12.5. The molecule has 0 amide bonds. The minimum Gasteiger partial charge on any atom is -0.462 e. The minimum atomic E-state index is -0.466. The van der Waals surface area contributed by atoms with Gasteiger partial charge in [-0.15, -0.1) is 10.2 Å². The third-order valence-electron chi connectivity index (χ3n) is 3.49. The van der Waals surface area contributed by atoms with E-state index in [2.05, 4.69) is 36.1 Å². The maximum atomic E-state index is 12.2. The van der Waals surface area contributed by atoms with Crippen LogP contribution in [-0.2, 0) is 4.74 Å². The fourth-order valence-corrected chi connectivity index (χ4v) is 3.30. The molecule has 2 heterocycles. The third-order valence-corrected chi connectivity index (χ3v) is 5.07. The zero-order valence-electron chi connectivity index (χ0n) is 14.4. The van der Waals surface area contributed by atoms with E-state index in [1.807, 2.05) is 24.3 Å². The van der Waals surface area contributed by atoms with Crippen LogP contribution in [0.5, 0.6) is 0 Å². The van der Waals surface area contributed by atoms with Gasteiger partial charge in [0, 0.05) is 23.3 Å². The molecular weight excluding hydrogens is 418 g/mol. The number of nitrogens with zero attached hydrogens (tertiary/aromatic N) is 5. The fourth-order valence-electron chi connectivity index (χ4n) is 2.22. The Morgan fingerprint density at radius 2 is 2.00 bits per heavy atom. The summed E-state index contributed by atoms with van der Waals surface area (Å²) in [5, 5.41) is 9.88. The van der Waals surface area contributed by atoms with Crippen LogP contribution in [0.25, 0.3) is 10.6 Å². The first-order valence-corrected chi connectivity index (χ1v) is 9.44. The molecule has 0 atom stereocenters. The molecular formula is C17H16BrN5O2S. The Hall–Kier alpha value is -2.39. The summed E-state index contributed by atoms with van der Waals surface area (Å²) >= 11 is 4.83. The Bertz CT molecular complexity index is 929. The van der Waals surface area contributed by atoms with E-state index in [1.165, 1.54) is 17.5 Å². The van der Waals surface area contributed by atoms with E-state index < -0.39 is 5.97 Å². The van der Waals surface area contributed by atoms with Gasteiger partial charge in [-0.3, -0.25) is 0 Å². The lowest BCUT2D eigenvalue weighted by molar-refractivity contribution is 0.0526. The fraction of sp³-hybridized carbons (Fsp3) is 0.235. The predicted molar refractivity (Wildman–Crippen MR) is 104 cm³/mol. The molecule has 3 aromatic rings. The first kappa shape index (κ1) is 18.4. The molecule has 134 valence electrons. The largest absolute Gasteiger partial charge is 0.462 e. The Morgan fingerprint density at radius 1 is 1.27 bits per heavy atom. The molecule has 0 bridgehead atoms. The topological polar surface area (TPSA) is 81.1 Å². The number of carbonyl (C=O) groups is 1. The van der Waals surface area contributed by atoms with Gasteiger partial charge >= 0.3 is 5.97 Å². The summed E-state index contributed by atoms with van der Waals surface area (Å²) in [4.78, 5) is 22.4. The van der Waals surface area contributed by atoms with Gasteiger partial charge in [-0.1, -0.05) is 39.4 Å². The van der Waals surface area contributed by atoms with E-state index >= 15 is 0 Å². The van der Waals surface area contributed by atoms with E-state index in [9.17, 15) is 4.79 Å². The number of esters is 1. The van der Waals surface area contributed by atoms with Gasteiger partial charge < -0.3 is 9.64 Å². The summed E-state index contributed by atoms with van der Waals surface area (Å²) < 4.78 is 6.10. The molecule has 0 aliphatic rings. The van der Waals surface area contributed by atoms with Gasteiger partial charge in [-0.2, -0.15) is 0 Å². The molecule has 2 aromatic heterocycles. The summed E-state index contributed by atoms with van der Waals surface area (Å²) in [6, 6.07) is 7.83. The summed E-state index contributed by atoms with van der Waals surface area (Å²) in [6.45, 7) is 3.80. The van der Waals surface area contributed by atoms with E-state index in [0.29, 0.717) is 22.3 Å². The van der Waals surface area contributed by atoms with Gasteiger partial charge in [0.2, 0.25) is 5.13 Å². The van der Waals surface area contributed by atoms with Crippen LogP contribution in [0.15, 0.2) is 34.9 Å². The van der Waals surface area contributed by atoms with E-state index in [4.69, 9.17) is 4.74 Å². The molecule has 0 unspecified atom stereocenters. The van der Waals surface area contributed by atoms with Gasteiger partial charge in [0.05, 0.1) is 6.61 Å². The van der Waals surface area contributed by atoms with Crippen molar-refractivity contribution < 1.29 is 9.53 Å². The highest BCUT2D eigenvalue weighted by molar-refractivity contribution is 9.10. The highest BCUT2D eigenvalue weighted by Crippen LogP contribution is 2.33. The van der Waals surface area contributed by atoms with E-state index in [0.717, 1.165) is 15.0 Å². The molecule has 0 saturated carbocycles.